The smallest absolute Gasteiger partial charge is 0.307 e. The number of nitrogens with one attached hydrogen (secondary N) is 1. The molecule has 1 aliphatic rings. The van der Waals surface area contributed by atoms with Crippen molar-refractivity contribution >= 4 is 33.4 Å². The van der Waals surface area contributed by atoms with E-state index in [0.717, 1.165) is 19.3 Å². The number of rotatable bonds is 4. The quantitative estimate of drug-likeness (QED) is 0.841. The van der Waals surface area contributed by atoms with Crippen LogP contribution in [0.1, 0.15) is 47.8 Å². The summed E-state index contributed by atoms with van der Waals surface area (Å²) >= 11 is 1.23. The number of likely N-dealkylation sites (tertiary alicyclic amines) is 1. The lowest BCUT2D eigenvalue weighted by Gasteiger charge is -2.35. The van der Waals surface area contributed by atoms with Crippen molar-refractivity contribution in [3.05, 3.63) is 27.1 Å². The van der Waals surface area contributed by atoms with Crippen molar-refractivity contribution in [3.63, 3.8) is 0 Å². The molecule has 1 N–H and O–H groups in total. The Bertz CT molecular complexity index is 857. The number of hydrogen-bond acceptors (Lipinski definition) is 6. The Kier molecular flexibility index (Phi) is 5.17. The average Bonchev–Trinajstić information content (AvgIpc) is 2.93. The van der Waals surface area contributed by atoms with Gasteiger partial charge in [-0.2, -0.15) is 0 Å². The fourth-order valence-corrected chi connectivity index (χ4v) is 4.41. The van der Waals surface area contributed by atoms with E-state index in [-0.39, 0.29) is 29.9 Å². The normalized spacial score (nSPS) is 17.7. The zero-order valence-electron chi connectivity index (χ0n) is 14.3. The third kappa shape index (κ3) is 3.44. The number of aryl methyl sites for hydroxylation is 1. The minimum absolute atomic E-state index is 0.131. The number of amides is 1. The zero-order chi connectivity index (χ0) is 18.0. The van der Waals surface area contributed by atoms with Crippen molar-refractivity contribution < 1.29 is 14.3 Å². The van der Waals surface area contributed by atoms with E-state index in [1.807, 2.05) is 0 Å². The molecular weight excluding hydrogens is 342 g/mol. The maximum atomic E-state index is 13.1. The van der Waals surface area contributed by atoms with E-state index in [4.69, 9.17) is 4.74 Å². The largest absolute Gasteiger partial charge is 0.466 e. The molecule has 134 valence electrons. The van der Waals surface area contributed by atoms with Crippen molar-refractivity contribution in [2.75, 3.05) is 13.2 Å². The highest BCUT2D eigenvalue weighted by Gasteiger charge is 2.32. The maximum absolute atomic E-state index is 13.1. The van der Waals surface area contributed by atoms with E-state index < -0.39 is 0 Å². The minimum Gasteiger partial charge on any atom is -0.466 e. The number of fused-ring (bicyclic) bond motifs is 1. The Hall–Kier alpha value is -2.22. The van der Waals surface area contributed by atoms with Crippen molar-refractivity contribution in [2.45, 2.75) is 45.6 Å². The molecular formula is C17H21N3O4S. The van der Waals surface area contributed by atoms with Crippen LogP contribution < -0.4 is 5.56 Å². The van der Waals surface area contributed by atoms with Gasteiger partial charge in [-0.15, -0.1) is 11.3 Å². The third-order valence-electron chi connectivity index (χ3n) is 4.52. The molecule has 7 nitrogen and oxygen atoms in total. The number of aromatic amines is 1. The van der Waals surface area contributed by atoms with Crippen LogP contribution in [0.2, 0.25) is 0 Å². The molecule has 3 rings (SSSR count). The lowest BCUT2D eigenvalue weighted by Crippen LogP contribution is -2.44. The number of carbonyl (C=O) groups is 2. The molecule has 2 aromatic rings. The molecule has 2 aromatic heterocycles. The van der Waals surface area contributed by atoms with E-state index in [1.54, 1.807) is 18.7 Å². The molecule has 3 heterocycles. The van der Waals surface area contributed by atoms with Crippen molar-refractivity contribution in [2.24, 2.45) is 0 Å². The van der Waals surface area contributed by atoms with Crippen LogP contribution in [-0.2, 0) is 9.53 Å². The molecule has 0 aromatic carbocycles. The van der Waals surface area contributed by atoms with Gasteiger partial charge in [-0.1, -0.05) is 0 Å². The van der Waals surface area contributed by atoms with E-state index in [9.17, 15) is 14.4 Å². The molecule has 0 bridgehead atoms. The number of ether oxygens (including phenoxy) is 1. The molecule has 25 heavy (non-hydrogen) atoms. The third-order valence-corrected chi connectivity index (χ3v) is 5.71. The first-order valence-electron chi connectivity index (χ1n) is 8.46. The van der Waals surface area contributed by atoms with Gasteiger partial charge in [-0.25, -0.2) is 4.98 Å². The van der Waals surface area contributed by atoms with Gasteiger partial charge in [0, 0.05) is 12.6 Å². The molecule has 8 heteroatoms. The molecule has 0 spiro atoms. The second-order valence-electron chi connectivity index (χ2n) is 6.13. The van der Waals surface area contributed by atoms with Crippen LogP contribution in [0.25, 0.3) is 10.2 Å². The molecule has 1 aliphatic heterocycles. The van der Waals surface area contributed by atoms with Crippen LogP contribution in [0.3, 0.4) is 0 Å². The molecule has 0 unspecified atom stereocenters. The lowest BCUT2D eigenvalue weighted by atomic mass is 9.98. The highest BCUT2D eigenvalue weighted by molar-refractivity contribution is 7.20. The van der Waals surface area contributed by atoms with E-state index in [1.165, 1.54) is 17.7 Å². The fourth-order valence-electron chi connectivity index (χ4n) is 3.31. The summed E-state index contributed by atoms with van der Waals surface area (Å²) in [6.07, 6.45) is 4.24. The van der Waals surface area contributed by atoms with Crippen LogP contribution in [0, 0.1) is 6.92 Å². The molecule has 0 radical (unpaired) electrons. The second-order valence-corrected chi connectivity index (χ2v) is 7.12. The first-order valence-corrected chi connectivity index (χ1v) is 9.28. The van der Waals surface area contributed by atoms with E-state index in [0.29, 0.717) is 33.8 Å². The molecule has 0 saturated carbocycles. The highest BCUT2D eigenvalue weighted by atomic mass is 32.1. The Morgan fingerprint density at radius 1 is 1.44 bits per heavy atom. The lowest BCUT2D eigenvalue weighted by molar-refractivity contribution is -0.144. The number of H-pyrrole nitrogens is 1. The summed E-state index contributed by atoms with van der Waals surface area (Å²) in [7, 11) is 0. The SMILES string of the molecule is CCOC(=O)C[C@@H]1CCCCN1C(=O)c1sc2nc[nH]c(=O)c2c1C. The maximum Gasteiger partial charge on any atom is 0.307 e. The van der Waals surface area contributed by atoms with Gasteiger partial charge in [-0.3, -0.25) is 14.4 Å². The zero-order valence-corrected chi connectivity index (χ0v) is 15.1. The molecule has 1 saturated heterocycles. The summed E-state index contributed by atoms with van der Waals surface area (Å²) in [5.41, 5.74) is 0.416. The Morgan fingerprint density at radius 2 is 2.24 bits per heavy atom. The van der Waals surface area contributed by atoms with Gasteiger partial charge >= 0.3 is 5.97 Å². The summed E-state index contributed by atoms with van der Waals surface area (Å²) in [4.78, 5) is 46.5. The highest BCUT2D eigenvalue weighted by Crippen LogP contribution is 2.30. The number of carbonyl (C=O) groups excluding carboxylic acids is 2. The Morgan fingerprint density at radius 3 is 2.96 bits per heavy atom. The standard InChI is InChI=1S/C17H21N3O4S/c1-3-24-12(21)8-11-6-4-5-7-20(11)17(23)14-10(2)13-15(22)18-9-19-16(13)25-14/h9,11H,3-8H2,1-2H3,(H,18,19,22)/t11-/m0/s1. The van der Waals surface area contributed by atoms with Gasteiger partial charge < -0.3 is 14.6 Å². The van der Waals surface area contributed by atoms with Crippen LogP contribution in [0.5, 0.6) is 0 Å². The first kappa shape index (κ1) is 17.6. The van der Waals surface area contributed by atoms with Crippen LogP contribution in [0.15, 0.2) is 11.1 Å². The van der Waals surface area contributed by atoms with Gasteiger partial charge in [-0.05, 0) is 38.7 Å². The number of aromatic nitrogens is 2. The van der Waals surface area contributed by atoms with Gasteiger partial charge in [0.25, 0.3) is 11.5 Å². The van der Waals surface area contributed by atoms with Gasteiger partial charge in [0.15, 0.2) is 0 Å². The number of hydrogen-bond donors (Lipinski definition) is 1. The molecule has 1 amide bonds. The topological polar surface area (TPSA) is 92.4 Å². The number of nitrogens with zero attached hydrogens (tertiary/aromatic N) is 2. The van der Waals surface area contributed by atoms with Crippen LogP contribution in [-0.4, -0.2) is 45.9 Å². The summed E-state index contributed by atoms with van der Waals surface area (Å²) < 4.78 is 5.04. The Labute approximate surface area is 149 Å². The number of piperidine rings is 1. The predicted octanol–water partition coefficient (Wildman–Crippen LogP) is 2.24. The van der Waals surface area contributed by atoms with Gasteiger partial charge in [0.2, 0.25) is 0 Å². The summed E-state index contributed by atoms with van der Waals surface area (Å²) in [6.45, 7) is 4.49. The van der Waals surface area contributed by atoms with Crippen molar-refractivity contribution in [1.82, 2.24) is 14.9 Å². The average molecular weight is 363 g/mol. The molecule has 0 aliphatic carbocycles. The van der Waals surface area contributed by atoms with E-state index in [2.05, 4.69) is 9.97 Å². The fraction of sp³-hybridized carbons (Fsp3) is 0.529. The summed E-state index contributed by atoms with van der Waals surface area (Å²) in [6, 6.07) is -0.156. The molecule has 1 fully saturated rings. The van der Waals surface area contributed by atoms with Crippen molar-refractivity contribution in [1.29, 1.82) is 0 Å². The summed E-state index contributed by atoms with van der Waals surface area (Å²) in [5.74, 6) is -0.410. The second kappa shape index (κ2) is 7.35. The monoisotopic (exact) mass is 363 g/mol. The number of thiophene rings is 1. The predicted molar refractivity (Wildman–Crippen MR) is 94.9 cm³/mol. The Balaban J connectivity index is 1.90. The van der Waals surface area contributed by atoms with Crippen molar-refractivity contribution in [3.8, 4) is 0 Å². The van der Waals surface area contributed by atoms with Crippen LogP contribution >= 0.6 is 11.3 Å². The molecule has 1 atom stereocenters. The van der Waals surface area contributed by atoms with Crippen LogP contribution in [0.4, 0.5) is 0 Å². The summed E-state index contributed by atoms with van der Waals surface area (Å²) in [5, 5.41) is 0.467. The minimum atomic E-state index is -0.279. The van der Waals surface area contributed by atoms with E-state index >= 15 is 0 Å². The first-order chi connectivity index (χ1) is 12.0. The van der Waals surface area contributed by atoms with Gasteiger partial charge in [0.1, 0.15) is 4.83 Å². The number of esters is 1. The van der Waals surface area contributed by atoms with Gasteiger partial charge in [0.05, 0.1) is 29.6 Å².